The average Bonchev–Trinajstić information content (AvgIpc) is 2.81. The van der Waals surface area contributed by atoms with Crippen LogP contribution in [-0.4, -0.2) is 18.6 Å². The highest BCUT2D eigenvalue weighted by Crippen LogP contribution is 2.53. The standard InChI is InChI=1S/C30H39NO3/c1-6-7-8-9-22-17-26(33-19-21-11-13-23(14-12-21)29(32)31-5)28-24-16-20(2)10-15-25(24)30(3,4)34-27(28)18-22/h11-14,16-18,24-25H,6-10,15,19H2,1-5H3,(H,31,32)/t24-,25-/m1/s1. The second-order valence-electron chi connectivity index (χ2n) is 10.4. The zero-order valence-electron chi connectivity index (χ0n) is 21.4. The number of nitrogens with one attached hydrogen (secondary N) is 1. The van der Waals surface area contributed by atoms with E-state index in [1.165, 1.54) is 36.0 Å². The molecule has 34 heavy (non-hydrogen) atoms. The second kappa shape index (κ2) is 10.2. The van der Waals surface area contributed by atoms with E-state index in [-0.39, 0.29) is 11.5 Å². The van der Waals surface area contributed by atoms with Gasteiger partial charge in [-0.05, 0) is 81.8 Å². The van der Waals surface area contributed by atoms with E-state index in [1.807, 2.05) is 24.3 Å². The molecule has 182 valence electrons. The summed E-state index contributed by atoms with van der Waals surface area (Å²) < 4.78 is 13.2. The summed E-state index contributed by atoms with van der Waals surface area (Å²) >= 11 is 0. The maximum Gasteiger partial charge on any atom is 0.251 e. The maximum atomic E-state index is 11.9. The molecule has 0 saturated heterocycles. The van der Waals surface area contributed by atoms with Gasteiger partial charge >= 0.3 is 0 Å². The number of hydrogen-bond donors (Lipinski definition) is 1. The van der Waals surface area contributed by atoms with E-state index < -0.39 is 0 Å². The summed E-state index contributed by atoms with van der Waals surface area (Å²) in [6.07, 6.45) is 9.35. The zero-order chi connectivity index (χ0) is 24.3. The van der Waals surface area contributed by atoms with Crippen LogP contribution in [0.4, 0.5) is 0 Å². The van der Waals surface area contributed by atoms with E-state index in [4.69, 9.17) is 9.47 Å². The molecule has 1 N–H and O–H groups in total. The van der Waals surface area contributed by atoms with Crippen molar-refractivity contribution in [3.8, 4) is 11.5 Å². The summed E-state index contributed by atoms with van der Waals surface area (Å²) in [6, 6.07) is 12.1. The summed E-state index contributed by atoms with van der Waals surface area (Å²) in [5.74, 6) is 2.59. The van der Waals surface area contributed by atoms with Crippen LogP contribution < -0.4 is 14.8 Å². The predicted molar refractivity (Wildman–Crippen MR) is 138 cm³/mol. The second-order valence-corrected chi connectivity index (χ2v) is 10.4. The lowest BCUT2D eigenvalue weighted by molar-refractivity contribution is 0.0104. The van der Waals surface area contributed by atoms with Gasteiger partial charge in [-0.2, -0.15) is 0 Å². The third kappa shape index (κ3) is 5.16. The molecule has 1 amide bonds. The lowest BCUT2D eigenvalue weighted by atomic mass is 9.68. The Morgan fingerprint density at radius 2 is 1.91 bits per heavy atom. The van der Waals surface area contributed by atoms with Gasteiger partial charge in [0.25, 0.3) is 5.91 Å². The Labute approximate surface area is 204 Å². The van der Waals surface area contributed by atoms with Gasteiger partial charge in [-0.1, -0.05) is 43.5 Å². The van der Waals surface area contributed by atoms with Crippen LogP contribution in [0.15, 0.2) is 48.0 Å². The fourth-order valence-electron chi connectivity index (χ4n) is 5.46. The van der Waals surface area contributed by atoms with Gasteiger partial charge in [-0.3, -0.25) is 4.79 Å². The van der Waals surface area contributed by atoms with Crippen molar-refractivity contribution < 1.29 is 14.3 Å². The number of fused-ring (bicyclic) bond motifs is 3. The van der Waals surface area contributed by atoms with E-state index in [0.29, 0.717) is 24.0 Å². The van der Waals surface area contributed by atoms with Gasteiger partial charge in [0.05, 0.1) is 0 Å². The number of hydrogen-bond acceptors (Lipinski definition) is 3. The van der Waals surface area contributed by atoms with E-state index in [1.54, 1.807) is 7.05 Å². The largest absolute Gasteiger partial charge is 0.488 e. The van der Waals surface area contributed by atoms with Crippen molar-refractivity contribution in [1.29, 1.82) is 0 Å². The van der Waals surface area contributed by atoms with Gasteiger partial charge in [-0.25, -0.2) is 0 Å². The first kappa shape index (κ1) is 24.4. The van der Waals surface area contributed by atoms with Gasteiger partial charge in [0.15, 0.2) is 0 Å². The van der Waals surface area contributed by atoms with Gasteiger partial charge in [0.1, 0.15) is 23.7 Å². The maximum absolute atomic E-state index is 11.9. The van der Waals surface area contributed by atoms with Gasteiger partial charge in [0.2, 0.25) is 0 Å². The predicted octanol–water partition coefficient (Wildman–Crippen LogP) is 6.97. The monoisotopic (exact) mass is 461 g/mol. The third-order valence-corrected chi connectivity index (χ3v) is 7.42. The van der Waals surface area contributed by atoms with Crippen molar-refractivity contribution in [2.45, 2.75) is 84.3 Å². The number of allylic oxidation sites excluding steroid dienone is 2. The summed E-state index contributed by atoms with van der Waals surface area (Å²) in [6.45, 7) is 9.41. The molecule has 1 heterocycles. The van der Waals surface area contributed by atoms with Gasteiger partial charge < -0.3 is 14.8 Å². The average molecular weight is 462 g/mol. The zero-order valence-corrected chi connectivity index (χ0v) is 21.4. The van der Waals surface area contributed by atoms with Crippen molar-refractivity contribution in [2.75, 3.05) is 7.05 Å². The molecule has 2 aromatic carbocycles. The van der Waals surface area contributed by atoms with Crippen LogP contribution in [0.5, 0.6) is 11.5 Å². The molecule has 0 aromatic heterocycles. The van der Waals surface area contributed by atoms with Crippen LogP contribution >= 0.6 is 0 Å². The molecule has 2 aromatic rings. The molecule has 4 rings (SSSR count). The number of aryl methyl sites for hydroxylation is 1. The van der Waals surface area contributed by atoms with E-state index in [0.717, 1.165) is 36.3 Å². The van der Waals surface area contributed by atoms with E-state index in [2.05, 4.69) is 51.2 Å². The van der Waals surface area contributed by atoms with E-state index >= 15 is 0 Å². The molecule has 0 radical (unpaired) electrons. The van der Waals surface area contributed by atoms with Gasteiger partial charge in [-0.15, -0.1) is 0 Å². The minimum Gasteiger partial charge on any atom is -0.488 e. The smallest absolute Gasteiger partial charge is 0.251 e. The molecular weight excluding hydrogens is 422 g/mol. The van der Waals surface area contributed by atoms with Crippen molar-refractivity contribution in [3.05, 3.63) is 70.3 Å². The third-order valence-electron chi connectivity index (χ3n) is 7.42. The molecular formula is C30H39NO3. The Morgan fingerprint density at radius 1 is 1.15 bits per heavy atom. The lowest BCUT2D eigenvalue weighted by Gasteiger charge is -2.46. The number of ether oxygens (including phenoxy) is 2. The van der Waals surface area contributed by atoms with Crippen LogP contribution in [0, 0.1) is 5.92 Å². The molecule has 0 fully saturated rings. The van der Waals surface area contributed by atoms with Crippen LogP contribution in [0.1, 0.15) is 92.8 Å². The Bertz CT molecular complexity index is 1050. The van der Waals surface area contributed by atoms with E-state index in [9.17, 15) is 4.79 Å². The van der Waals surface area contributed by atoms with Crippen LogP contribution in [0.3, 0.4) is 0 Å². The Morgan fingerprint density at radius 3 is 2.62 bits per heavy atom. The minimum absolute atomic E-state index is 0.0772. The highest BCUT2D eigenvalue weighted by atomic mass is 16.5. The number of unbranched alkanes of at least 4 members (excludes halogenated alkanes) is 2. The quantitative estimate of drug-likeness (QED) is 0.341. The number of carbonyl (C=O) groups is 1. The summed E-state index contributed by atoms with van der Waals surface area (Å²) in [5.41, 5.74) is 5.42. The molecule has 0 unspecified atom stereocenters. The summed E-state index contributed by atoms with van der Waals surface area (Å²) in [7, 11) is 1.65. The topological polar surface area (TPSA) is 47.6 Å². The highest BCUT2D eigenvalue weighted by molar-refractivity contribution is 5.93. The molecule has 0 spiro atoms. The lowest BCUT2D eigenvalue weighted by Crippen LogP contribution is -2.45. The SMILES string of the molecule is CCCCCc1cc(OCc2ccc(C(=O)NC)cc2)c2c(c1)OC(C)(C)[C@@H]1CCC(C)=C[C@@H]21. The number of amides is 1. The number of carbonyl (C=O) groups excluding carboxylic acids is 1. The molecule has 0 saturated carbocycles. The molecule has 2 aliphatic rings. The molecule has 4 heteroatoms. The number of benzene rings is 2. The Hall–Kier alpha value is -2.75. The van der Waals surface area contributed by atoms with Crippen molar-refractivity contribution >= 4 is 5.91 Å². The first-order chi connectivity index (χ1) is 16.3. The van der Waals surface area contributed by atoms with Crippen molar-refractivity contribution in [1.82, 2.24) is 5.32 Å². The minimum atomic E-state index is -0.205. The highest BCUT2D eigenvalue weighted by Gasteiger charge is 2.45. The molecule has 2 atom stereocenters. The Balaban J connectivity index is 1.67. The van der Waals surface area contributed by atoms with Crippen LogP contribution in [0.2, 0.25) is 0 Å². The molecule has 4 nitrogen and oxygen atoms in total. The fourth-order valence-corrected chi connectivity index (χ4v) is 5.46. The Kier molecular flexibility index (Phi) is 7.35. The molecule has 1 aliphatic heterocycles. The fraction of sp³-hybridized carbons (Fsp3) is 0.500. The summed E-state index contributed by atoms with van der Waals surface area (Å²) in [5, 5.41) is 2.67. The van der Waals surface area contributed by atoms with Crippen LogP contribution in [0.25, 0.3) is 0 Å². The van der Waals surface area contributed by atoms with Crippen molar-refractivity contribution in [2.24, 2.45) is 5.92 Å². The molecule has 1 aliphatic carbocycles. The first-order valence-electron chi connectivity index (χ1n) is 12.8. The summed E-state index contributed by atoms with van der Waals surface area (Å²) in [4.78, 5) is 11.9. The van der Waals surface area contributed by atoms with Crippen molar-refractivity contribution in [3.63, 3.8) is 0 Å². The first-order valence-corrected chi connectivity index (χ1v) is 12.8. The van der Waals surface area contributed by atoms with Crippen LogP contribution in [-0.2, 0) is 13.0 Å². The van der Waals surface area contributed by atoms with Gasteiger partial charge in [0, 0.05) is 30.0 Å². The molecule has 0 bridgehead atoms. The number of rotatable bonds is 8. The normalized spacial score (nSPS) is 20.4.